The largest absolute Gasteiger partial charge is 0.330 e. The lowest BCUT2D eigenvalue weighted by molar-refractivity contribution is -0.125. The van der Waals surface area contributed by atoms with Crippen molar-refractivity contribution in [1.29, 1.82) is 0 Å². The number of amides is 1. The van der Waals surface area contributed by atoms with E-state index < -0.39 is 10.1 Å². The highest BCUT2D eigenvalue weighted by Gasteiger charge is 2.59. The van der Waals surface area contributed by atoms with Gasteiger partial charge in [-0.2, -0.15) is 8.42 Å². The minimum atomic E-state index is -3.42. The van der Waals surface area contributed by atoms with E-state index in [1.807, 2.05) is 0 Å². The number of carbonyl (C=O) groups is 1. The summed E-state index contributed by atoms with van der Waals surface area (Å²) in [7, 11) is -3.42. The van der Waals surface area contributed by atoms with Crippen LogP contribution in [0.5, 0.6) is 0 Å². The van der Waals surface area contributed by atoms with Gasteiger partial charge in [0.05, 0.1) is 12.4 Å². The first-order valence-corrected chi connectivity index (χ1v) is 11.7. The van der Waals surface area contributed by atoms with E-state index in [4.69, 9.17) is 4.18 Å². The van der Waals surface area contributed by atoms with E-state index in [0.717, 1.165) is 44.1 Å². The minimum absolute atomic E-state index is 0.0438. The van der Waals surface area contributed by atoms with Gasteiger partial charge in [0.2, 0.25) is 5.91 Å². The summed E-state index contributed by atoms with van der Waals surface area (Å²) in [4.78, 5) is 11.9. The fourth-order valence-corrected chi connectivity index (χ4v) is 7.48. The number of carbonyl (C=O) groups excluding carboxylic acids is 1. The van der Waals surface area contributed by atoms with Gasteiger partial charge in [0.15, 0.2) is 0 Å². The van der Waals surface area contributed by atoms with E-state index >= 15 is 0 Å². The van der Waals surface area contributed by atoms with Crippen molar-refractivity contribution in [2.75, 3.05) is 6.26 Å². The molecule has 2 saturated carbocycles. The molecule has 0 aromatic heterocycles. The van der Waals surface area contributed by atoms with Crippen molar-refractivity contribution in [2.24, 2.45) is 34.5 Å². The van der Waals surface area contributed by atoms with Gasteiger partial charge in [0.25, 0.3) is 10.1 Å². The monoisotopic (exact) mass is 381 g/mol. The molecule has 1 N–H and O–H groups in total. The third kappa shape index (κ3) is 2.84. The predicted molar refractivity (Wildman–Crippen MR) is 99.5 cm³/mol. The molecule has 3 aliphatic carbocycles. The van der Waals surface area contributed by atoms with Crippen molar-refractivity contribution in [3.05, 3.63) is 11.8 Å². The quantitative estimate of drug-likeness (QED) is 0.746. The molecule has 5 nitrogen and oxygen atoms in total. The Hall–Kier alpha value is -0.880. The molecule has 6 heteroatoms. The maximum absolute atomic E-state index is 11.9. The van der Waals surface area contributed by atoms with E-state index in [1.165, 1.54) is 0 Å². The zero-order valence-electron chi connectivity index (χ0n) is 16.2. The molecule has 1 saturated heterocycles. The van der Waals surface area contributed by atoms with Gasteiger partial charge in [-0.25, -0.2) is 0 Å². The van der Waals surface area contributed by atoms with Crippen molar-refractivity contribution >= 4 is 16.0 Å². The minimum Gasteiger partial charge on any atom is -0.330 e. The number of hydrogen-bond donors (Lipinski definition) is 1. The summed E-state index contributed by atoms with van der Waals surface area (Å²) in [6.45, 7) is 6.92. The summed E-state index contributed by atoms with van der Waals surface area (Å²) < 4.78 is 28.7. The van der Waals surface area contributed by atoms with Crippen LogP contribution in [0, 0.1) is 34.5 Å². The summed E-state index contributed by atoms with van der Waals surface area (Å²) in [5, 5.41) is 3.15. The Bertz CT molecular complexity index is 760. The van der Waals surface area contributed by atoms with Gasteiger partial charge in [0, 0.05) is 17.5 Å². The maximum atomic E-state index is 11.9. The number of hydrogen-bond acceptors (Lipinski definition) is 4. The Balaban J connectivity index is 1.66. The van der Waals surface area contributed by atoms with Crippen molar-refractivity contribution in [1.82, 2.24) is 5.32 Å². The molecule has 1 aliphatic heterocycles. The number of fused-ring (bicyclic) bond motifs is 5. The maximum Gasteiger partial charge on any atom is 0.264 e. The average Bonchev–Trinajstić information content (AvgIpc) is 2.83. The lowest BCUT2D eigenvalue weighted by atomic mass is 9.48. The standard InChI is InChI=1S/C20H31NO4S/c1-12-9-16-20(3,8-6-17(22)21-16)14-5-7-19(2)11-13(25-26(4,23)24)10-15(19)18(12)14/h9,12-15,18H,5-8,10-11H2,1-4H3,(H,21,22)/t12?,13?,14-,15+,18-,19-,20-/m1/s1. The van der Waals surface area contributed by atoms with E-state index in [-0.39, 0.29) is 22.8 Å². The van der Waals surface area contributed by atoms with E-state index in [0.29, 0.717) is 30.1 Å². The number of piperidine rings is 1. The molecular weight excluding hydrogens is 350 g/mol. The summed E-state index contributed by atoms with van der Waals surface area (Å²) in [6, 6.07) is 0. The fraction of sp³-hybridized carbons (Fsp3) is 0.850. The Morgan fingerprint density at radius 3 is 2.65 bits per heavy atom. The molecule has 4 aliphatic rings. The predicted octanol–water partition coefficient (Wildman–Crippen LogP) is 3.22. The highest BCUT2D eigenvalue weighted by Crippen LogP contribution is 2.65. The summed E-state index contributed by atoms with van der Waals surface area (Å²) in [5.41, 5.74) is 1.33. The second kappa shape index (κ2) is 5.81. The third-order valence-corrected chi connectivity index (χ3v) is 8.61. The first-order valence-electron chi connectivity index (χ1n) is 9.92. The molecule has 7 atom stereocenters. The van der Waals surface area contributed by atoms with Gasteiger partial charge in [-0.15, -0.1) is 0 Å². The van der Waals surface area contributed by atoms with E-state index in [9.17, 15) is 13.2 Å². The smallest absolute Gasteiger partial charge is 0.264 e. The van der Waals surface area contributed by atoms with E-state index in [1.54, 1.807) is 0 Å². The second-order valence-corrected chi connectivity index (χ2v) is 11.4. The number of allylic oxidation sites excluding steroid dienone is 2. The Kier molecular flexibility index (Phi) is 4.13. The first kappa shape index (κ1) is 18.5. The van der Waals surface area contributed by atoms with Crippen LogP contribution >= 0.6 is 0 Å². The van der Waals surface area contributed by atoms with Crippen LogP contribution in [0.15, 0.2) is 11.8 Å². The molecule has 146 valence electrons. The van der Waals surface area contributed by atoms with Crippen LogP contribution in [0.4, 0.5) is 0 Å². The first-order chi connectivity index (χ1) is 12.0. The third-order valence-electron chi connectivity index (χ3n) is 7.99. The van der Waals surface area contributed by atoms with Crippen LogP contribution in [-0.4, -0.2) is 26.7 Å². The van der Waals surface area contributed by atoms with Gasteiger partial charge in [-0.1, -0.05) is 26.8 Å². The number of rotatable bonds is 2. The van der Waals surface area contributed by atoms with Crippen LogP contribution < -0.4 is 5.32 Å². The second-order valence-electron chi connectivity index (χ2n) is 9.75. The van der Waals surface area contributed by atoms with Crippen molar-refractivity contribution in [3.63, 3.8) is 0 Å². The molecule has 26 heavy (non-hydrogen) atoms. The molecule has 0 aromatic carbocycles. The molecule has 1 amide bonds. The van der Waals surface area contributed by atoms with E-state index in [2.05, 4.69) is 32.2 Å². The molecule has 0 aromatic rings. The highest BCUT2D eigenvalue weighted by molar-refractivity contribution is 7.86. The molecule has 4 rings (SSSR count). The number of nitrogens with one attached hydrogen (secondary N) is 1. The van der Waals surface area contributed by atoms with Crippen LogP contribution in [-0.2, 0) is 19.1 Å². The van der Waals surface area contributed by atoms with Crippen LogP contribution in [0.2, 0.25) is 0 Å². The summed E-state index contributed by atoms with van der Waals surface area (Å²) in [6.07, 6.45) is 8.72. The van der Waals surface area contributed by atoms with Crippen molar-refractivity contribution in [2.45, 2.75) is 65.4 Å². The van der Waals surface area contributed by atoms with Crippen LogP contribution in [0.25, 0.3) is 0 Å². The Morgan fingerprint density at radius 2 is 1.96 bits per heavy atom. The SMILES string of the molecule is CC1C=C2NC(=O)CC[C@]2(C)[C@@H]2CC[C@]3(C)CC(OS(C)(=O)=O)C[C@H]3[C@H]12. The molecule has 2 unspecified atom stereocenters. The Labute approximate surface area is 157 Å². The lowest BCUT2D eigenvalue weighted by Crippen LogP contribution is -2.54. The molecular formula is C20H31NO4S. The van der Waals surface area contributed by atoms with Gasteiger partial charge >= 0.3 is 0 Å². The molecule has 1 heterocycles. The average molecular weight is 382 g/mol. The molecule has 3 fully saturated rings. The fourth-order valence-electron chi connectivity index (χ4n) is 6.84. The lowest BCUT2D eigenvalue weighted by Gasteiger charge is -2.58. The van der Waals surface area contributed by atoms with Crippen LogP contribution in [0.1, 0.15) is 59.3 Å². The van der Waals surface area contributed by atoms with Crippen molar-refractivity contribution in [3.8, 4) is 0 Å². The Morgan fingerprint density at radius 1 is 1.23 bits per heavy atom. The van der Waals surface area contributed by atoms with Gasteiger partial charge in [-0.05, 0) is 61.2 Å². The normalized spacial score (nSPS) is 48.1. The van der Waals surface area contributed by atoms with Gasteiger partial charge in [0.1, 0.15) is 0 Å². The zero-order chi connectivity index (χ0) is 18.9. The van der Waals surface area contributed by atoms with Gasteiger partial charge in [-0.3, -0.25) is 8.98 Å². The van der Waals surface area contributed by atoms with Gasteiger partial charge < -0.3 is 5.32 Å². The molecule has 0 bridgehead atoms. The van der Waals surface area contributed by atoms with Crippen LogP contribution in [0.3, 0.4) is 0 Å². The van der Waals surface area contributed by atoms with Crippen molar-refractivity contribution < 1.29 is 17.4 Å². The molecule has 0 radical (unpaired) electrons. The summed E-state index contributed by atoms with van der Waals surface area (Å²) in [5.74, 6) is 2.10. The summed E-state index contributed by atoms with van der Waals surface area (Å²) >= 11 is 0. The topological polar surface area (TPSA) is 72.5 Å². The molecule has 0 spiro atoms. The highest BCUT2D eigenvalue weighted by atomic mass is 32.2. The zero-order valence-corrected chi connectivity index (χ0v) is 17.1.